The van der Waals surface area contributed by atoms with Crippen LogP contribution in [0.2, 0.25) is 0 Å². The number of alkyl halides is 3. The zero-order valence-corrected chi connectivity index (χ0v) is 19.6. The number of carbonyl (C=O) groups is 1. The molecule has 170 valence electrons. The van der Waals surface area contributed by atoms with E-state index in [2.05, 4.69) is 25.3 Å². The molecule has 1 aliphatic rings. The molecule has 2 N–H and O–H groups in total. The van der Waals surface area contributed by atoms with Gasteiger partial charge in [0.15, 0.2) is 5.96 Å². The van der Waals surface area contributed by atoms with Gasteiger partial charge in [-0.15, -0.1) is 37.1 Å². The van der Waals surface area contributed by atoms with Gasteiger partial charge in [-0.1, -0.05) is 12.1 Å². The number of rotatable bonds is 7. The second-order valence-corrected chi connectivity index (χ2v) is 6.99. The van der Waals surface area contributed by atoms with E-state index in [1.165, 1.54) is 12.1 Å². The van der Waals surface area contributed by atoms with Crippen molar-refractivity contribution in [2.45, 2.75) is 39.0 Å². The summed E-state index contributed by atoms with van der Waals surface area (Å²) in [7, 11) is 1.66. The van der Waals surface area contributed by atoms with Crippen LogP contribution in [0.3, 0.4) is 0 Å². The molecule has 0 spiro atoms. The molecule has 1 aromatic carbocycles. The smallest absolute Gasteiger partial charge is 0.406 e. The standard InChI is InChI=1S/C20H29F3N4O2.HI/c1-3-25-19(27-12-9-16(10-13-27)14-18(28)24-2)26-11-8-15-4-6-17(7-5-15)29-20(21,22)23;/h4-7,16H,3,8-14H2,1-2H3,(H,24,28)(H,25,26);1H. The number of nitrogens with zero attached hydrogens (tertiary/aromatic N) is 2. The fraction of sp³-hybridized carbons (Fsp3) is 0.600. The number of guanidine groups is 1. The van der Waals surface area contributed by atoms with Crippen molar-refractivity contribution >= 4 is 35.8 Å². The van der Waals surface area contributed by atoms with Crippen LogP contribution in [-0.4, -0.2) is 56.4 Å². The summed E-state index contributed by atoms with van der Waals surface area (Å²) in [6, 6.07) is 5.87. The average molecular weight is 542 g/mol. The van der Waals surface area contributed by atoms with Crippen molar-refractivity contribution in [2.24, 2.45) is 10.9 Å². The van der Waals surface area contributed by atoms with Crippen LogP contribution in [0.4, 0.5) is 13.2 Å². The van der Waals surface area contributed by atoms with Crippen molar-refractivity contribution in [2.75, 3.05) is 33.2 Å². The summed E-state index contributed by atoms with van der Waals surface area (Å²) >= 11 is 0. The predicted molar refractivity (Wildman–Crippen MR) is 121 cm³/mol. The topological polar surface area (TPSA) is 66.0 Å². The number of benzene rings is 1. The van der Waals surface area contributed by atoms with E-state index in [0.29, 0.717) is 25.3 Å². The summed E-state index contributed by atoms with van der Waals surface area (Å²) in [5.74, 6) is 1.09. The molecule has 1 aliphatic heterocycles. The second-order valence-electron chi connectivity index (χ2n) is 6.99. The summed E-state index contributed by atoms with van der Waals surface area (Å²) in [6.07, 6.45) is -1.61. The third-order valence-corrected chi connectivity index (χ3v) is 4.82. The van der Waals surface area contributed by atoms with Crippen molar-refractivity contribution in [1.82, 2.24) is 15.5 Å². The Balaban J connectivity index is 0.00000450. The predicted octanol–water partition coefficient (Wildman–Crippen LogP) is 3.56. The highest BCUT2D eigenvalue weighted by Crippen LogP contribution is 2.23. The molecule has 0 aliphatic carbocycles. The van der Waals surface area contributed by atoms with Gasteiger partial charge in [-0.2, -0.15) is 0 Å². The van der Waals surface area contributed by atoms with Crippen LogP contribution < -0.4 is 15.4 Å². The Hall–Kier alpha value is -1.72. The summed E-state index contributed by atoms with van der Waals surface area (Å²) < 4.78 is 40.5. The molecule has 0 unspecified atom stereocenters. The molecule has 30 heavy (non-hydrogen) atoms. The van der Waals surface area contributed by atoms with Crippen LogP contribution in [0.1, 0.15) is 31.7 Å². The first-order valence-corrected chi connectivity index (χ1v) is 9.89. The third kappa shape index (κ3) is 9.40. The summed E-state index contributed by atoms with van der Waals surface area (Å²) in [5.41, 5.74) is 0.892. The quantitative estimate of drug-likeness (QED) is 0.314. The third-order valence-electron chi connectivity index (χ3n) is 4.82. The molecule has 0 radical (unpaired) electrons. The number of piperidine rings is 1. The van der Waals surface area contributed by atoms with Crippen molar-refractivity contribution in [1.29, 1.82) is 0 Å². The number of hydrogen-bond donors (Lipinski definition) is 2. The molecule has 0 bridgehead atoms. The zero-order chi connectivity index (χ0) is 21.3. The Bertz CT molecular complexity index is 676. The fourth-order valence-corrected chi connectivity index (χ4v) is 3.29. The normalized spacial score (nSPS) is 15.4. The van der Waals surface area contributed by atoms with E-state index in [-0.39, 0.29) is 35.6 Å². The molecule has 2 rings (SSSR count). The minimum atomic E-state index is -4.68. The maximum Gasteiger partial charge on any atom is 0.573 e. The highest BCUT2D eigenvalue weighted by atomic mass is 127. The van der Waals surface area contributed by atoms with E-state index in [1.807, 2.05) is 6.92 Å². The Kier molecular flexibility index (Phi) is 11.3. The lowest BCUT2D eigenvalue weighted by molar-refractivity contribution is -0.274. The van der Waals surface area contributed by atoms with E-state index in [4.69, 9.17) is 0 Å². The number of nitrogens with one attached hydrogen (secondary N) is 2. The number of ether oxygens (including phenoxy) is 1. The Morgan fingerprint density at radius 3 is 2.40 bits per heavy atom. The van der Waals surface area contributed by atoms with Gasteiger partial charge >= 0.3 is 6.36 Å². The van der Waals surface area contributed by atoms with Crippen molar-refractivity contribution in [3.05, 3.63) is 29.8 Å². The number of hydrogen-bond acceptors (Lipinski definition) is 3. The van der Waals surface area contributed by atoms with Crippen molar-refractivity contribution < 1.29 is 22.7 Å². The van der Waals surface area contributed by atoms with Crippen LogP contribution in [0.15, 0.2) is 29.3 Å². The Labute approximate surface area is 192 Å². The summed E-state index contributed by atoms with van der Waals surface area (Å²) in [4.78, 5) is 18.4. The molecule has 10 heteroatoms. The van der Waals surface area contributed by atoms with Gasteiger partial charge in [-0.05, 0) is 49.8 Å². The van der Waals surface area contributed by atoms with Crippen molar-refractivity contribution in [3.8, 4) is 5.75 Å². The van der Waals surface area contributed by atoms with Gasteiger partial charge in [-0.3, -0.25) is 9.79 Å². The van der Waals surface area contributed by atoms with Gasteiger partial charge < -0.3 is 20.3 Å². The second kappa shape index (κ2) is 12.9. The van der Waals surface area contributed by atoms with E-state index in [1.54, 1.807) is 19.2 Å². The first kappa shape index (κ1) is 26.3. The van der Waals surface area contributed by atoms with Gasteiger partial charge in [0.2, 0.25) is 5.91 Å². The van der Waals surface area contributed by atoms with E-state index in [0.717, 1.165) is 44.0 Å². The van der Waals surface area contributed by atoms with Crippen molar-refractivity contribution in [3.63, 3.8) is 0 Å². The molecule has 0 aromatic heterocycles. The number of amides is 1. The number of likely N-dealkylation sites (tertiary alicyclic amines) is 1. The van der Waals surface area contributed by atoms with E-state index < -0.39 is 6.36 Å². The minimum Gasteiger partial charge on any atom is -0.406 e. The maximum atomic E-state index is 12.2. The Morgan fingerprint density at radius 2 is 1.87 bits per heavy atom. The lowest BCUT2D eigenvalue weighted by atomic mass is 9.93. The number of carbonyl (C=O) groups excluding carboxylic acids is 1. The molecule has 0 saturated carbocycles. The first-order chi connectivity index (χ1) is 13.8. The minimum absolute atomic E-state index is 0. The van der Waals surface area contributed by atoms with Gasteiger partial charge in [-0.25, -0.2) is 0 Å². The van der Waals surface area contributed by atoms with E-state index >= 15 is 0 Å². The molecule has 0 atom stereocenters. The molecule has 1 amide bonds. The maximum absolute atomic E-state index is 12.2. The van der Waals surface area contributed by atoms with Crippen LogP contribution in [0, 0.1) is 5.92 Å². The van der Waals surface area contributed by atoms with Crippen LogP contribution in [-0.2, 0) is 11.2 Å². The van der Waals surface area contributed by atoms with E-state index in [9.17, 15) is 18.0 Å². The largest absolute Gasteiger partial charge is 0.573 e. The van der Waals surface area contributed by atoms with Gasteiger partial charge in [0, 0.05) is 39.6 Å². The average Bonchev–Trinajstić information content (AvgIpc) is 2.68. The summed E-state index contributed by atoms with van der Waals surface area (Å²) in [5, 5.41) is 5.96. The molecule has 1 heterocycles. The number of halogens is 4. The highest BCUT2D eigenvalue weighted by Gasteiger charge is 2.31. The summed E-state index contributed by atoms with van der Waals surface area (Å²) in [6.45, 7) is 4.97. The molecule has 1 aromatic rings. The first-order valence-electron chi connectivity index (χ1n) is 9.89. The van der Waals surface area contributed by atoms with Gasteiger partial charge in [0.1, 0.15) is 5.75 Å². The lowest BCUT2D eigenvalue weighted by Gasteiger charge is -2.34. The van der Waals surface area contributed by atoms with Crippen LogP contribution in [0.5, 0.6) is 5.75 Å². The van der Waals surface area contributed by atoms with Crippen LogP contribution in [0.25, 0.3) is 0 Å². The number of aliphatic imine (C=N–C) groups is 1. The fourth-order valence-electron chi connectivity index (χ4n) is 3.29. The van der Waals surface area contributed by atoms with Gasteiger partial charge in [0.05, 0.1) is 0 Å². The lowest BCUT2D eigenvalue weighted by Crippen LogP contribution is -2.46. The monoisotopic (exact) mass is 542 g/mol. The molecule has 1 fully saturated rings. The van der Waals surface area contributed by atoms with Crippen LogP contribution >= 0.6 is 24.0 Å². The molecule has 1 saturated heterocycles. The molecular weight excluding hydrogens is 512 g/mol. The Morgan fingerprint density at radius 1 is 1.23 bits per heavy atom. The van der Waals surface area contributed by atoms with Gasteiger partial charge in [0.25, 0.3) is 0 Å². The SMILES string of the molecule is CCNC(=NCCc1ccc(OC(F)(F)F)cc1)N1CCC(CC(=O)NC)CC1.I. The molecular formula is C20H30F3IN4O2. The zero-order valence-electron chi connectivity index (χ0n) is 17.3. The molecule has 6 nitrogen and oxygen atoms in total. The highest BCUT2D eigenvalue weighted by molar-refractivity contribution is 14.0.